The Labute approximate surface area is 111 Å². The molecule has 0 aromatic heterocycles. The first-order chi connectivity index (χ1) is 8.15. The van der Waals surface area contributed by atoms with Crippen molar-refractivity contribution in [1.29, 1.82) is 0 Å². The minimum Gasteiger partial charge on any atom is -0.376 e. The van der Waals surface area contributed by atoms with Gasteiger partial charge in [0.15, 0.2) is 0 Å². The van der Waals surface area contributed by atoms with Crippen LogP contribution < -0.4 is 5.73 Å². The third-order valence-electron chi connectivity index (χ3n) is 2.32. The molecule has 1 rings (SSSR count). The molecule has 0 aliphatic rings. The van der Waals surface area contributed by atoms with E-state index in [2.05, 4.69) is 15.9 Å². The van der Waals surface area contributed by atoms with Crippen LogP contribution in [-0.2, 0) is 9.47 Å². The van der Waals surface area contributed by atoms with Crippen LogP contribution in [0.2, 0.25) is 0 Å². The summed E-state index contributed by atoms with van der Waals surface area (Å²) in [4.78, 5) is 0. The van der Waals surface area contributed by atoms with Crippen LogP contribution in [-0.4, -0.2) is 25.9 Å². The minimum absolute atomic E-state index is 0.0821. The molecular formula is C13H20BrNO2. The van der Waals surface area contributed by atoms with Gasteiger partial charge in [0.2, 0.25) is 0 Å². The van der Waals surface area contributed by atoms with E-state index in [1.165, 1.54) is 0 Å². The molecule has 0 saturated heterocycles. The lowest BCUT2D eigenvalue weighted by molar-refractivity contribution is -0.0106. The normalized spacial score (nSPS) is 13.0. The summed E-state index contributed by atoms with van der Waals surface area (Å²) in [6.07, 6.45) is 0.153. The molecule has 0 aliphatic heterocycles. The standard InChI is InChI=1S/C13H20BrNO2/c1-10(2)16-7-8-17-13(9-15)11-5-3-4-6-12(11)14/h3-6,10,13H,7-9,15H2,1-2H3. The van der Waals surface area contributed by atoms with E-state index in [0.29, 0.717) is 19.8 Å². The van der Waals surface area contributed by atoms with Gasteiger partial charge >= 0.3 is 0 Å². The molecule has 96 valence electrons. The fraction of sp³-hybridized carbons (Fsp3) is 0.538. The number of halogens is 1. The summed E-state index contributed by atoms with van der Waals surface area (Å²) in [7, 11) is 0. The van der Waals surface area contributed by atoms with E-state index >= 15 is 0 Å². The summed E-state index contributed by atoms with van der Waals surface area (Å²) in [6, 6.07) is 7.97. The lowest BCUT2D eigenvalue weighted by Gasteiger charge is -2.18. The molecule has 4 heteroatoms. The maximum absolute atomic E-state index is 5.73. The SMILES string of the molecule is CC(C)OCCOC(CN)c1ccccc1Br. The van der Waals surface area contributed by atoms with Crippen molar-refractivity contribution in [1.82, 2.24) is 0 Å². The van der Waals surface area contributed by atoms with Gasteiger partial charge < -0.3 is 15.2 Å². The fourth-order valence-electron chi connectivity index (χ4n) is 1.50. The van der Waals surface area contributed by atoms with Crippen LogP contribution in [0.5, 0.6) is 0 Å². The largest absolute Gasteiger partial charge is 0.376 e. The quantitative estimate of drug-likeness (QED) is 0.788. The second kappa shape index (κ2) is 7.82. The van der Waals surface area contributed by atoms with Crippen LogP contribution in [0.3, 0.4) is 0 Å². The van der Waals surface area contributed by atoms with Gasteiger partial charge in [-0.25, -0.2) is 0 Å². The van der Waals surface area contributed by atoms with Crippen LogP contribution in [0.15, 0.2) is 28.7 Å². The Morgan fingerprint density at radius 2 is 1.82 bits per heavy atom. The second-order valence-corrected chi connectivity index (χ2v) is 4.89. The molecule has 0 aliphatic carbocycles. The molecule has 1 aromatic carbocycles. The van der Waals surface area contributed by atoms with E-state index < -0.39 is 0 Å². The van der Waals surface area contributed by atoms with E-state index in [0.717, 1.165) is 10.0 Å². The predicted molar refractivity (Wildman–Crippen MR) is 73.0 cm³/mol. The van der Waals surface area contributed by atoms with Crippen molar-refractivity contribution in [2.24, 2.45) is 5.73 Å². The highest BCUT2D eigenvalue weighted by Crippen LogP contribution is 2.24. The van der Waals surface area contributed by atoms with E-state index in [9.17, 15) is 0 Å². The predicted octanol–water partition coefficient (Wildman–Crippen LogP) is 2.89. The topological polar surface area (TPSA) is 44.5 Å². The van der Waals surface area contributed by atoms with E-state index in [1.807, 2.05) is 38.1 Å². The Morgan fingerprint density at radius 1 is 1.18 bits per heavy atom. The van der Waals surface area contributed by atoms with Gasteiger partial charge in [-0.1, -0.05) is 34.1 Å². The Bertz CT molecular complexity index is 331. The molecule has 1 unspecified atom stereocenters. The Hall–Kier alpha value is -0.420. The van der Waals surface area contributed by atoms with Crippen molar-refractivity contribution in [3.05, 3.63) is 34.3 Å². The van der Waals surface area contributed by atoms with Gasteiger partial charge in [-0.2, -0.15) is 0 Å². The van der Waals surface area contributed by atoms with Gasteiger partial charge in [-0.3, -0.25) is 0 Å². The zero-order valence-corrected chi connectivity index (χ0v) is 11.9. The molecule has 3 nitrogen and oxygen atoms in total. The van der Waals surface area contributed by atoms with Gasteiger partial charge in [0.1, 0.15) is 0 Å². The zero-order valence-electron chi connectivity index (χ0n) is 10.4. The van der Waals surface area contributed by atoms with Crippen LogP contribution in [0.1, 0.15) is 25.5 Å². The van der Waals surface area contributed by atoms with Crippen LogP contribution in [0.4, 0.5) is 0 Å². The molecule has 2 N–H and O–H groups in total. The lowest BCUT2D eigenvalue weighted by Crippen LogP contribution is -2.19. The van der Waals surface area contributed by atoms with Crippen molar-refractivity contribution in [3.63, 3.8) is 0 Å². The van der Waals surface area contributed by atoms with E-state index in [-0.39, 0.29) is 12.2 Å². The first kappa shape index (κ1) is 14.6. The number of hydrogen-bond donors (Lipinski definition) is 1. The molecule has 17 heavy (non-hydrogen) atoms. The number of nitrogens with two attached hydrogens (primary N) is 1. The van der Waals surface area contributed by atoms with Crippen molar-refractivity contribution in [2.75, 3.05) is 19.8 Å². The summed E-state index contributed by atoms with van der Waals surface area (Å²) in [5.74, 6) is 0. The van der Waals surface area contributed by atoms with Crippen molar-refractivity contribution in [3.8, 4) is 0 Å². The summed E-state index contributed by atoms with van der Waals surface area (Å²) < 4.78 is 12.2. The second-order valence-electron chi connectivity index (χ2n) is 4.04. The molecule has 0 saturated carbocycles. The average Bonchev–Trinajstić information content (AvgIpc) is 2.30. The molecule has 0 heterocycles. The zero-order chi connectivity index (χ0) is 12.7. The third-order valence-corrected chi connectivity index (χ3v) is 3.04. The highest BCUT2D eigenvalue weighted by molar-refractivity contribution is 9.10. The third kappa shape index (κ3) is 5.17. The molecule has 0 bridgehead atoms. The summed E-state index contributed by atoms with van der Waals surface area (Å²) >= 11 is 3.50. The van der Waals surface area contributed by atoms with Gasteiger partial charge in [-0.05, 0) is 25.5 Å². The summed E-state index contributed by atoms with van der Waals surface area (Å²) in [6.45, 7) is 5.63. The molecule has 1 aromatic rings. The fourth-order valence-corrected chi connectivity index (χ4v) is 2.04. The maximum Gasteiger partial charge on any atom is 0.0959 e. The van der Waals surface area contributed by atoms with E-state index in [1.54, 1.807) is 0 Å². The molecule has 0 radical (unpaired) electrons. The number of ether oxygens (including phenoxy) is 2. The van der Waals surface area contributed by atoms with Crippen molar-refractivity contribution >= 4 is 15.9 Å². The Balaban J connectivity index is 2.46. The average molecular weight is 302 g/mol. The van der Waals surface area contributed by atoms with Gasteiger partial charge in [0.25, 0.3) is 0 Å². The summed E-state index contributed by atoms with van der Waals surface area (Å²) in [5, 5.41) is 0. The number of rotatable bonds is 7. The number of hydrogen-bond acceptors (Lipinski definition) is 3. The molecular weight excluding hydrogens is 282 g/mol. The molecule has 0 fully saturated rings. The van der Waals surface area contributed by atoms with Crippen LogP contribution in [0, 0.1) is 0 Å². The Morgan fingerprint density at radius 3 is 2.41 bits per heavy atom. The first-order valence-electron chi connectivity index (χ1n) is 5.82. The van der Waals surface area contributed by atoms with Crippen LogP contribution in [0.25, 0.3) is 0 Å². The molecule has 0 spiro atoms. The lowest BCUT2D eigenvalue weighted by atomic mass is 10.1. The highest BCUT2D eigenvalue weighted by Gasteiger charge is 2.12. The van der Waals surface area contributed by atoms with E-state index in [4.69, 9.17) is 15.2 Å². The molecule has 1 atom stereocenters. The maximum atomic E-state index is 5.73. The first-order valence-corrected chi connectivity index (χ1v) is 6.62. The van der Waals surface area contributed by atoms with Crippen molar-refractivity contribution in [2.45, 2.75) is 26.1 Å². The van der Waals surface area contributed by atoms with Gasteiger partial charge in [0, 0.05) is 11.0 Å². The van der Waals surface area contributed by atoms with Crippen molar-refractivity contribution < 1.29 is 9.47 Å². The summed E-state index contributed by atoms with van der Waals surface area (Å²) in [5.41, 5.74) is 6.81. The van der Waals surface area contributed by atoms with Gasteiger partial charge in [0.05, 0.1) is 25.4 Å². The highest BCUT2D eigenvalue weighted by atomic mass is 79.9. The number of benzene rings is 1. The minimum atomic E-state index is -0.0821. The Kier molecular flexibility index (Phi) is 6.73. The van der Waals surface area contributed by atoms with Crippen LogP contribution >= 0.6 is 15.9 Å². The molecule has 0 amide bonds. The monoisotopic (exact) mass is 301 g/mol. The smallest absolute Gasteiger partial charge is 0.0959 e. The van der Waals surface area contributed by atoms with Gasteiger partial charge in [-0.15, -0.1) is 0 Å².